The number of thiophene rings is 1. The van der Waals surface area contributed by atoms with E-state index < -0.39 is 0 Å². The Morgan fingerprint density at radius 1 is 1.08 bits per heavy atom. The Balaban J connectivity index is 1.51. The number of nitrogens with one attached hydrogen (secondary N) is 2. The number of Topliss-reactive ketones (excluding diaryl/α,β-unsaturated/α-hetero) is 1. The molecule has 1 aromatic carbocycles. The summed E-state index contributed by atoms with van der Waals surface area (Å²) in [4.78, 5) is 37.9. The van der Waals surface area contributed by atoms with Gasteiger partial charge in [-0.25, -0.2) is 4.79 Å². The molecule has 1 aliphatic heterocycles. The largest absolute Gasteiger partial charge is 0.326 e. The van der Waals surface area contributed by atoms with Gasteiger partial charge < -0.3 is 10.2 Å². The number of ketones is 1. The van der Waals surface area contributed by atoms with Crippen LogP contribution in [0.15, 0.2) is 41.8 Å². The van der Waals surface area contributed by atoms with Gasteiger partial charge in [0.25, 0.3) is 0 Å². The average Bonchev–Trinajstić information content (AvgIpc) is 3.15. The maximum absolute atomic E-state index is 12.5. The van der Waals surface area contributed by atoms with E-state index in [9.17, 15) is 14.4 Å². The number of carbonyl (C=O) groups is 3. The van der Waals surface area contributed by atoms with Crippen molar-refractivity contribution in [2.24, 2.45) is 5.92 Å². The van der Waals surface area contributed by atoms with Gasteiger partial charge in [0.15, 0.2) is 5.78 Å². The first-order valence-electron chi connectivity index (χ1n) is 8.54. The van der Waals surface area contributed by atoms with Gasteiger partial charge in [0, 0.05) is 30.3 Å². The molecule has 0 radical (unpaired) electrons. The maximum Gasteiger partial charge on any atom is 0.322 e. The van der Waals surface area contributed by atoms with E-state index in [0.717, 1.165) is 5.00 Å². The SMILES string of the molecule is CC(=O)c1cccc(NC(=O)C2CCN(C(=O)Nc3cccs3)CC2)c1. The van der Waals surface area contributed by atoms with E-state index in [1.807, 2.05) is 17.5 Å². The molecule has 0 bridgehead atoms. The predicted molar refractivity (Wildman–Crippen MR) is 103 cm³/mol. The van der Waals surface area contributed by atoms with Gasteiger partial charge in [-0.1, -0.05) is 12.1 Å². The highest BCUT2D eigenvalue weighted by Crippen LogP contribution is 2.22. The van der Waals surface area contributed by atoms with Crippen LogP contribution >= 0.6 is 11.3 Å². The Morgan fingerprint density at radius 2 is 1.85 bits per heavy atom. The zero-order chi connectivity index (χ0) is 18.5. The molecule has 6 nitrogen and oxygen atoms in total. The fourth-order valence-corrected chi connectivity index (χ4v) is 3.55. The number of likely N-dealkylation sites (tertiary alicyclic amines) is 1. The Labute approximate surface area is 156 Å². The van der Waals surface area contributed by atoms with Crippen molar-refractivity contribution in [3.63, 3.8) is 0 Å². The van der Waals surface area contributed by atoms with Crippen LogP contribution in [0.3, 0.4) is 0 Å². The number of urea groups is 1. The summed E-state index contributed by atoms with van der Waals surface area (Å²) < 4.78 is 0. The lowest BCUT2D eigenvalue weighted by Crippen LogP contribution is -2.43. The molecular formula is C19H21N3O3S. The van der Waals surface area contributed by atoms with Crippen LogP contribution in [0.25, 0.3) is 0 Å². The second kappa shape index (κ2) is 8.14. The number of benzene rings is 1. The molecule has 1 aromatic heterocycles. The number of anilines is 2. The maximum atomic E-state index is 12.5. The number of hydrogen-bond acceptors (Lipinski definition) is 4. The molecule has 2 aromatic rings. The molecule has 0 unspecified atom stereocenters. The summed E-state index contributed by atoms with van der Waals surface area (Å²) in [7, 11) is 0. The number of piperidine rings is 1. The van der Waals surface area contributed by atoms with Gasteiger partial charge in [-0.2, -0.15) is 0 Å². The molecule has 2 heterocycles. The third-order valence-electron chi connectivity index (χ3n) is 4.44. The summed E-state index contributed by atoms with van der Waals surface area (Å²) >= 11 is 1.48. The second-order valence-corrected chi connectivity index (χ2v) is 7.24. The first-order chi connectivity index (χ1) is 12.5. The molecule has 0 atom stereocenters. The molecule has 2 N–H and O–H groups in total. The summed E-state index contributed by atoms with van der Waals surface area (Å²) in [6, 6.07) is 10.6. The van der Waals surface area contributed by atoms with Gasteiger partial charge in [-0.3, -0.25) is 14.9 Å². The van der Waals surface area contributed by atoms with E-state index in [2.05, 4.69) is 10.6 Å². The standard InChI is InChI=1S/C19H21N3O3S/c1-13(23)15-4-2-5-16(12-15)20-18(24)14-7-9-22(10-8-14)19(25)21-17-6-3-11-26-17/h2-6,11-12,14H,7-10H2,1H3,(H,20,24)(H,21,25). The highest BCUT2D eigenvalue weighted by Gasteiger charge is 2.27. The lowest BCUT2D eigenvalue weighted by atomic mass is 9.96. The fraction of sp³-hybridized carbons (Fsp3) is 0.316. The highest BCUT2D eigenvalue weighted by atomic mass is 32.1. The number of nitrogens with zero attached hydrogens (tertiary/aromatic N) is 1. The minimum absolute atomic E-state index is 0.0360. The van der Waals surface area contributed by atoms with E-state index in [-0.39, 0.29) is 23.6 Å². The monoisotopic (exact) mass is 371 g/mol. The van der Waals surface area contributed by atoms with E-state index in [0.29, 0.717) is 37.2 Å². The van der Waals surface area contributed by atoms with Crippen molar-refractivity contribution in [2.45, 2.75) is 19.8 Å². The van der Waals surface area contributed by atoms with E-state index in [4.69, 9.17) is 0 Å². The molecule has 7 heteroatoms. The van der Waals surface area contributed by atoms with E-state index >= 15 is 0 Å². The zero-order valence-corrected chi connectivity index (χ0v) is 15.3. The average molecular weight is 371 g/mol. The number of carbonyl (C=O) groups excluding carboxylic acids is 3. The fourth-order valence-electron chi connectivity index (χ4n) is 2.94. The van der Waals surface area contributed by atoms with Crippen LogP contribution in [0, 0.1) is 5.92 Å². The van der Waals surface area contributed by atoms with Crippen LogP contribution in [-0.2, 0) is 4.79 Å². The number of amides is 3. The van der Waals surface area contributed by atoms with E-state index in [1.54, 1.807) is 29.2 Å². The van der Waals surface area contributed by atoms with Crippen LogP contribution in [0.4, 0.5) is 15.5 Å². The Kier molecular flexibility index (Phi) is 5.68. The van der Waals surface area contributed by atoms with Crippen molar-refractivity contribution in [3.05, 3.63) is 47.3 Å². The Morgan fingerprint density at radius 3 is 2.50 bits per heavy atom. The molecule has 26 heavy (non-hydrogen) atoms. The van der Waals surface area contributed by atoms with E-state index in [1.165, 1.54) is 18.3 Å². The Hall–Kier alpha value is -2.67. The van der Waals surface area contributed by atoms with Gasteiger partial charge in [0.2, 0.25) is 5.91 Å². The first-order valence-corrected chi connectivity index (χ1v) is 9.42. The topological polar surface area (TPSA) is 78.5 Å². The first kappa shape index (κ1) is 18.1. The molecule has 1 aliphatic rings. The van der Waals surface area contributed by atoms with Crippen molar-refractivity contribution in [3.8, 4) is 0 Å². The summed E-state index contributed by atoms with van der Waals surface area (Å²) in [5, 5.41) is 8.47. The molecule has 3 amide bonds. The molecule has 136 valence electrons. The molecular weight excluding hydrogens is 350 g/mol. The molecule has 0 saturated carbocycles. The quantitative estimate of drug-likeness (QED) is 0.802. The van der Waals surface area contributed by atoms with Gasteiger partial charge in [-0.05, 0) is 49.4 Å². The van der Waals surface area contributed by atoms with Crippen molar-refractivity contribution in [2.75, 3.05) is 23.7 Å². The molecule has 1 saturated heterocycles. The van der Waals surface area contributed by atoms with Gasteiger partial charge in [0.05, 0.1) is 5.00 Å². The molecule has 0 spiro atoms. The molecule has 1 fully saturated rings. The highest BCUT2D eigenvalue weighted by molar-refractivity contribution is 7.14. The third-order valence-corrected chi connectivity index (χ3v) is 5.23. The lowest BCUT2D eigenvalue weighted by Gasteiger charge is -2.31. The summed E-state index contributed by atoms with van der Waals surface area (Å²) in [5.74, 6) is -0.239. The van der Waals surface area contributed by atoms with Crippen molar-refractivity contribution in [1.82, 2.24) is 4.90 Å². The summed E-state index contributed by atoms with van der Waals surface area (Å²) in [6.07, 6.45) is 1.24. The molecule has 3 rings (SSSR count). The zero-order valence-electron chi connectivity index (χ0n) is 14.5. The van der Waals surface area contributed by atoms with Crippen molar-refractivity contribution < 1.29 is 14.4 Å². The van der Waals surface area contributed by atoms with Gasteiger partial charge in [-0.15, -0.1) is 11.3 Å². The van der Waals surface area contributed by atoms with Crippen LogP contribution < -0.4 is 10.6 Å². The minimum Gasteiger partial charge on any atom is -0.326 e. The number of rotatable bonds is 4. The summed E-state index contributed by atoms with van der Waals surface area (Å²) in [5.41, 5.74) is 1.20. The van der Waals surface area contributed by atoms with Crippen LogP contribution in [0.1, 0.15) is 30.1 Å². The van der Waals surface area contributed by atoms with Crippen LogP contribution in [0.5, 0.6) is 0 Å². The predicted octanol–water partition coefficient (Wildman–Crippen LogP) is 3.83. The van der Waals surface area contributed by atoms with Crippen molar-refractivity contribution >= 4 is 39.7 Å². The molecule has 0 aliphatic carbocycles. The van der Waals surface area contributed by atoms with Gasteiger partial charge >= 0.3 is 6.03 Å². The second-order valence-electron chi connectivity index (χ2n) is 6.30. The number of hydrogen-bond donors (Lipinski definition) is 2. The van der Waals surface area contributed by atoms with Crippen molar-refractivity contribution in [1.29, 1.82) is 0 Å². The minimum atomic E-state index is -0.137. The summed E-state index contributed by atoms with van der Waals surface area (Å²) in [6.45, 7) is 2.59. The smallest absolute Gasteiger partial charge is 0.322 e. The van der Waals surface area contributed by atoms with Gasteiger partial charge in [0.1, 0.15) is 0 Å². The Bertz CT molecular complexity index is 796. The van der Waals surface area contributed by atoms with Crippen LogP contribution in [-0.4, -0.2) is 35.7 Å². The normalized spacial score (nSPS) is 14.7. The lowest BCUT2D eigenvalue weighted by molar-refractivity contribution is -0.121. The third kappa shape index (κ3) is 4.49. The van der Waals surface area contributed by atoms with Crippen LogP contribution in [0.2, 0.25) is 0 Å².